The zero-order valence-electron chi connectivity index (χ0n) is 11.0. The number of nitrogens with one attached hydrogen (secondary N) is 1. The van der Waals surface area contributed by atoms with Gasteiger partial charge in [0.1, 0.15) is 0 Å². The van der Waals surface area contributed by atoms with Crippen LogP contribution in [0.2, 0.25) is 5.02 Å². The highest BCUT2D eigenvalue weighted by molar-refractivity contribution is 6.31. The number of rotatable bonds is 1. The van der Waals surface area contributed by atoms with Crippen LogP contribution in [0.3, 0.4) is 0 Å². The fourth-order valence-electron chi connectivity index (χ4n) is 2.22. The number of benzene rings is 2. The highest BCUT2D eigenvalue weighted by atomic mass is 35.5. The number of aromatic nitrogens is 1. The molecule has 2 aromatic carbocycles. The highest BCUT2D eigenvalue weighted by Crippen LogP contribution is 2.30. The monoisotopic (exact) mass is 323 g/mol. The van der Waals surface area contributed by atoms with Crippen molar-refractivity contribution in [2.45, 2.75) is 6.18 Å². The predicted molar refractivity (Wildman–Crippen MR) is 80.0 cm³/mol. The van der Waals surface area contributed by atoms with Crippen LogP contribution in [0.5, 0.6) is 0 Å². The first-order chi connectivity index (χ1) is 10.3. The largest absolute Gasteiger partial charge is 0.416 e. The van der Waals surface area contributed by atoms with Crippen LogP contribution in [-0.2, 0) is 6.18 Å². The van der Waals surface area contributed by atoms with Crippen LogP contribution in [0.25, 0.3) is 22.2 Å². The highest BCUT2D eigenvalue weighted by Gasteiger charge is 2.29. The average Bonchev–Trinajstić information content (AvgIpc) is 2.46. The second-order valence-corrected chi connectivity index (χ2v) is 5.25. The van der Waals surface area contributed by atoms with Gasteiger partial charge in [0.15, 0.2) is 5.43 Å². The van der Waals surface area contributed by atoms with Gasteiger partial charge in [-0.1, -0.05) is 23.7 Å². The summed E-state index contributed by atoms with van der Waals surface area (Å²) in [6.07, 6.45) is -4.39. The van der Waals surface area contributed by atoms with Crippen LogP contribution in [0, 0.1) is 0 Å². The summed E-state index contributed by atoms with van der Waals surface area (Å²) >= 11 is 5.89. The summed E-state index contributed by atoms with van der Waals surface area (Å²) in [5.41, 5.74) is 0.512. The van der Waals surface area contributed by atoms with E-state index in [9.17, 15) is 18.0 Å². The Balaban J connectivity index is 2.12. The van der Waals surface area contributed by atoms with Crippen LogP contribution < -0.4 is 5.43 Å². The second kappa shape index (κ2) is 5.18. The van der Waals surface area contributed by atoms with Gasteiger partial charge in [0, 0.05) is 22.2 Å². The molecule has 0 spiro atoms. The van der Waals surface area contributed by atoms with E-state index < -0.39 is 11.7 Å². The third-order valence-electron chi connectivity index (χ3n) is 3.32. The van der Waals surface area contributed by atoms with Gasteiger partial charge in [0.2, 0.25) is 0 Å². The van der Waals surface area contributed by atoms with Gasteiger partial charge in [0.25, 0.3) is 0 Å². The molecule has 0 aliphatic heterocycles. The summed E-state index contributed by atoms with van der Waals surface area (Å²) in [7, 11) is 0. The Morgan fingerprint density at radius 3 is 2.27 bits per heavy atom. The van der Waals surface area contributed by atoms with E-state index in [-0.39, 0.29) is 5.43 Å². The van der Waals surface area contributed by atoms with E-state index in [0.717, 1.165) is 12.1 Å². The van der Waals surface area contributed by atoms with Crippen molar-refractivity contribution in [1.29, 1.82) is 0 Å². The standard InChI is InChI=1S/C16H9ClF3NO/c17-11-5-6-12-14(7-11)21-13(8-15(12)22)9-1-3-10(4-2-9)16(18,19)20/h1-8H,(H,21,22). The van der Waals surface area contributed by atoms with Crippen LogP contribution >= 0.6 is 11.6 Å². The number of hydrogen-bond acceptors (Lipinski definition) is 1. The summed E-state index contributed by atoms with van der Waals surface area (Å²) in [4.78, 5) is 15.1. The van der Waals surface area contributed by atoms with E-state index in [1.165, 1.54) is 18.2 Å². The zero-order chi connectivity index (χ0) is 15.9. The molecule has 0 atom stereocenters. The topological polar surface area (TPSA) is 32.9 Å². The van der Waals surface area contributed by atoms with E-state index in [1.807, 2.05) is 0 Å². The van der Waals surface area contributed by atoms with Crippen molar-refractivity contribution >= 4 is 22.5 Å². The zero-order valence-corrected chi connectivity index (χ0v) is 11.8. The van der Waals surface area contributed by atoms with Crippen molar-refractivity contribution in [3.05, 3.63) is 69.3 Å². The fraction of sp³-hybridized carbons (Fsp3) is 0.0625. The van der Waals surface area contributed by atoms with E-state index in [2.05, 4.69) is 4.98 Å². The molecule has 3 aromatic rings. The number of fused-ring (bicyclic) bond motifs is 1. The minimum atomic E-state index is -4.39. The van der Waals surface area contributed by atoms with E-state index in [4.69, 9.17) is 11.6 Å². The minimum absolute atomic E-state index is 0.222. The Kier molecular flexibility index (Phi) is 3.45. The molecular formula is C16H9ClF3NO. The van der Waals surface area contributed by atoms with E-state index in [0.29, 0.717) is 27.2 Å². The van der Waals surface area contributed by atoms with Crippen molar-refractivity contribution in [3.8, 4) is 11.3 Å². The van der Waals surface area contributed by atoms with Crippen molar-refractivity contribution in [3.63, 3.8) is 0 Å². The Bertz CT molecular complexity index is 898. The molecule has 0 aliphatic rings. The normalized spacial score (nSPS) is 11.8. The summed E-state index contributed by atoms with van der Waals surface area (Å²) < 4.78 is 37.7. The van der Waals surface area contributed by atoms with E-state index in [1.54, 1.807) is 18.2 Å². The summed E-state index contributed by atoms with van der Waals surface area (Å²) in [6.45, 7) is 0. The summed E-state index contributed by atoms with van der Waals surface area (Å²) in [5.74, 6) is 0. The molecule has 2 nitrogen and oxygen atoms in total. The molecule has 0 saturated carbocycles. The fourth-order valence-corrected chi connectivity index (χ4v) is 2.39. The van der Waals surface area contributed by atoms with Crippen molar-refractivity contribution < 1.29 is 13.2 Å². The second-order valence-electron chi connectivity index (χ2n) is 4.81. The van der Waals surface area contributed by atoms with Crippen molar-refractivity contribution in [1.82, 2.24) is 4.98 Å². The lowest BCUT2D eigenvalue weighted by Crippen LogP contribution is -2.05. The molecular weight excluding hydrogens is 315 g/mol. The first kappa shape index (κ1) is 14.7. The maximum Gasteiger partial charge on any atom is 0.416 e. The van der Waals surface area contributed by atoms with Crippen LogP contribution in [0.1, 0.15) is 5.56 Å². The molecule has 0 amide bonds. The average molecular weight is 324 g/mol. The lowest BCUT2D eigenvalue weighted by Gasteiger charge is -2.08. The number of H-pyrrole nitrogens is 1. The van der Waals surface area contributed by atoms with Crippen LogP contribution in [-0.4, -0.2) is 4.98 Å². The quantitative estimate of drug-likeness (QED) is 0.681. The Labute approximate surface area is 128 Å². The summed E-state index contributed by atoms with van der Waals surface area (Å²) in [6, 6.07) is 10.8. The smallest absolute Gasteiger partial charge is 0.354 e. The Morgan fingerprint density at radius 2 is 1.64 bits per heavy atom. The molecule has 6 heteroatoms. The molecule has 1 heterocycles. The molecule has 1 N–H and O–H groups in total. The van der Waals surface area contributed by atoms with Gasteiger partial charge in [-0.15, -0.1) is 0 Å². The lowest BCUT2D eigenvalue weighted by atomic mass is 10.1. The third kappa shape index (κ3) is 2.72. The van der Waals surface area contributed by atoms with Crippen LogP contribution in [0.15, 0.2) is 53.3 Å². The molecule has 3 rings (SSSR count). The molecule has 0 radical (unpaired) electrons. The van der Waals surface area contributed by atoms with Crippen molar-refractivity contribution in [2.75, 3.05) is 0 Å². The minimum Gasteiger partial charge on any atom is -0.354 e. The molecule has 0 aliphatic carbocycles. The first-order valence-corrected chi connectivity index (χ1v) is 6.72. The van der Waals surface area contributed by atoms with Gasteiger partial charge in [-0.3, -0.25) is 4.79 Å². The molecule has 112 valence electrons. The van der Waals surface area contributed by atoms with E-state index >= 15 is 0 Å². The van der Waals surface area contributed by atoms with Gasteiger partial charge in [-0.05, 0) is 35.9 Å². The predicted octanol–water partition coefficient (Wildman–Crippen LogP) is 4.87. The van der Waals surface area contributed by atoms with Crippen LogP contribution in [0.4, 0.5) is 13.2 Å². The van der Waals surface area contributed by atoms with Gasteiger partial charge >= 0.3 is 6.18 Å². The number of halogens is 4. The number of hydrogen-bond donors (Lipinski definition) is 1. The lowest BCUT2D eigenvalue weighted by molar-refractivity contribution is -0.137. The Morgan fingerprint density at radius 1 is 0.955 bits per heavy atom. The molecule has 0 fully saturated rings. The van der Waals surface area contributed by atoms with Gasteiger partial charge < -0.3 is 4.98 Å². The van der Waals surface area contributed by atoms with Gasteiger partial charge in [-0.2, -0.15) is 13.2 Å². The number of aromatic amines is 1. The molecule has 0 saturated heterocycles. The third-order valence-corrected chi connectivity index (χ3v) is 3.55. The SMILES string of the molecule is O=c1cc(-c2ccc(C(F)(F)F)cc2)[nH]c2cc(Cl)ccc12. The Hall–Kier alpha value is -2.27. The maximum atomic E-state index is 12.6. The molecule has 0 bridgehead atoms. The first-order valence-electron chi connectivity index (χ1n) is 6.35. The van der Waals surface area contributed by atoms with Gasteiger partial charge in [0.05, 0.1) is 11.1 Å². The van der Waals surface area contributed by atoms with Crippen molar-refractivity contribution in [2.24, 2.45) is 0 Å². The molecule has 22 heavy (non-hydrogen) atoms. The molecule has 0 unspecified atom stereocenters. The van der Waals surface area contributed by atoms with Gasteiger partial charge in [-0.25, -0.2) is 0 Å². The molecule has 1 aromatic heterocycles. The number of alkyl halides is 3. The summed E-state index contributed by atoms with van der Waals surface area (Å²) in [5, 5.41) is 0.938. The number of pyridine rings is 1. The maximum absolute atomic E-state index is 12.6.